The molecule has 1 aliphatic heterocycles. The number of carbonyl (C=O) groups excluding carboxylic acids is 1. The molecule has 2 aromatic rings. The van der Waals surface area contributed by atoms with Gasteiger partial charge in [0.1, 0.15) is 5.82 Å². The molecule has 1 unspecified atom stereocenters. The van der Waals surface area contributed by atoms with Gasteiger partial charge in [-0.25, -0.2) is 4.98 Å². The van der Waals surface area contributed by atoms with Crippen LogP contribution in [0.1, 0.15) is 37.6 Å². The minimum atomic E-state index is -0.202. The average molecular weight is 338 g/mol. The van der Waals surface area contributed by atoms with Crippen molar-refractivity contribution in [2.24, 2.45) is 10.8 Å². The number of carbonyl (C=O) groups is 1. The van der Waals surface area contributed by atoms with Crippen molar-refractivity contribution in [2.75, 3.05) is 13.1 Å². The van der Waals surface area contributed by atoms with E-state index in [1.807, 2.05) is 24.4 Å². The topological polar surface area (TPSA) is 59.0 Å². The van der Waals surface area contributed by atoms with E-state index in [0.717, 1.165) is 44.7 Å². The monoisotopic (exact) mass is 338 g/mol. The average Bonchev–Trinajstić information content (AvgIpc) is 2.99. The van der Waals surface area contributed by atoms with Crippen molar-refractivity contribution >= 4 is 5.91 Å². The Morgan fingerprint density at radius 2 is 2.04 bits per heavy atom. The predicted octanol–water partition coefficient (Wildman–Crippen LogP) is 2.33. The van der Waals surface area contributed by atoms with E-state index in [-0.39, 0.29) is 16.7 Å². The Morgan fingerprint density at radius 1 is 1.28 bits per heavy atom. The van der Waals surface area contributed by atoms with Crippen LogP contribution in [-0.2, 0) is 17.9 Å². The van der Waals surface area contributed by atoms with Crippen LogP contribution in [0.5, 0.6) is 0 Å². The molecule has 1 atom stereocenters. The summed E-state index contributed by atoms with van der Waals surface area (Å²) in [6.07, 6.45) is 7.02. The molecule has 25 heavy (non-hydrogen) atoms. The second kappa shape index (κ2) is 6.30. The van der Waals surface area contributed by atoms with Gasteiger partial charge in [-0.05, 0) is 43.3 Å². The van der Waals surface area contributed by atoms with Crippen molar-refractivity contribution in [3.8, 4) is 0 Å². The largest absolute Gasteiger partial charge is 0.348 e. The molecule has 2 heterocycles. The van der Waals surface area contributed by atoms with Gasteiger partial charge in [0.2, 0.25) is 5.91 Å². The van der Waals surface area contributed by atoms with Crippen molar-refractivity contribution in [2.45, 2.75) is 39.3 Å². The summed E-state index contributed by atoms with van der Waals surface area (Å²) < 4.78 is 2.10. The second-order valence-electron chi connectivity index (χ2n) is 7.68. The van der Waals surface area contributed by atoms with Gasteiger partial charge in [-0.2, -0.15) is 0 Å². The summed E-state index contributed by atoms with van der Waals surface area (Å²) in [6.45, 7) is 5.46. The minimum Gasteiger partial charge on any atom is -0.348 e. The highest BCUT2D eigenvalue weighted by atomic mass is 16.2. The molecule has 2 fully saturated rings. The third-order valence-electron chi connectivity index (χ3n) is 6.20. The molecule has 4 rings (SSSR count). The van der Waals surface area contributed by atoms with Gasteiger partial charge in [-0.3, -0.25) is 4.79 Å². The number of amides is 1. The maximum Gasteiger partial charge on any atom is 0.226 e. The molecule has 5 nitrogen and oxygen atoms in total. The Bertz CT molecular complexity index is 748. The molecule has 1 aromatic carbocycles. The zero-order valence-electron chi connectivity index (χ0n) is 14.8. The van der Waals surface area contributed by atoms with Crippen LogP contribution >= 0.6 is 0 Å². The molecule has 1 aliphatic carbocycles. The fourth-order valence-corrected chi connectivity index (χ4v) is 4.37. The lowest BCUT2D eigenvalue weighted by molar-refractivity contribution is -0.127. The van der Waals surface area contributed by atoms with Gasteiger partial charge < -0.3 is 15.2 Å². The van der Waals surface area contributed by atoms with Crippen molar-refractivity contribution < 1.29 is 4.79 Å². The van der Waals surface area contributed by atoms with Gasteiger partial charge in [0.15, 0.2) is 0 Å². The van der Waals surface area contributed by atoms with Gasteiger partial charge >= 0.3 is 0 Å². The summed E-state index contributed by atoms with van der Waals surface area (Å²) in [5, 5.41) is 6.54. The molecule has 1 saturated heterocycles. The second-order valence-corrected chi connectivity index (χ2v) is 7.68. The zero-order valence-corrected chi connectivity index (χ0v) is 14.8. The first-order valence-electron chi connectivity index (χ1n) is 9.16. The smallest absolute Gasteiger partial charge is 0.226 e. The highest BCUT2D eigenvalue weighted by Gasteiger charge is 2.67. The first-order valence-corrected chi connectivity index (χ1v) is 9.16. The summed E-state index contributed by atoms with van der Waals surface area (Å²) in [7, 11) is 0. The number of hydrogen-bond acceptors (Lipinski definition) is 3. The van der Waals surface area contributed by atoms with Crippen molar-refractivity contribution in [3.63, 3.8) is 0 Å². The lowest BCUT2D eigenvalue weighted by atomic mass is 9.85. The van der Waals surface area contributed by atoms with Crippen molar-refractivity contribution in [1.29, 1.82) is 0 Å². The van der Waals surface area contributed by atoms with Crippen LogP contribution in [0.4, 0.5) is 0 Å². The highest BCUT2D eigenvalue weighted by molar-refractivity contribution is 5.86. The number of hydrogen-bond donors (Lipinski definition) is 2. The molecule has 1 amide bonds. The number of benzene rings is 1. The molecule has 1 spiro atoms. The molecule has 2 N–H and O–H groups in total. The normalized spacial score (nSPS) is 24.2. The van der Waals surface area contributed by atoms with E-state index in [4.69, 9.17) is 0 Å². The Labute approximate surface area is 148 Å². The summed E-state index contributed by atoms with van der Waals surface area (Å²) in [5.74, 6) is 1.09. The van der Waals surface area contributed by atoms with E-state index < -0.39 is 0 Å². The number of piperidine rings is 1. The van der Waals surface area contributed by atoms with E-state index in [9.17, 15) is 4.79 Å². The van der Waals surface area contributed by atoms with Crippen molar-refractivity contribution in [3.05, 3.63) is 54.1 Å². The Balaban J connectivity index is 1.38. The van der Waals surface area contributed by atoms with Gasteiger partial charge in [0.25, 0.3) is 0 Å². The van der Waals surface area contributed by atoms with Gasteiger partial charge in [-0.1, -0.05) is 37.3 Å². The van der Waals surface area contributed by atoms with Crippen LogP contribution in [0.2, 0.25) is 0 Å². The number of nitrogens with zero attached hydrogens (tertiary/aromatic N) is 2. The maximum absolute atomic E-state index is 12.8. The molecule has 132 valence electrons. The van der Waals surface area contributed by atoms with Crippen LogP contribution < -0.4 is 10.6 Å². The van der Waals surface area contributed by atoms with E-state index >= 15 is 0 Å². The number of aromatic nitrogens is 2. The lowest BCUT2D eigenvalue weighted by Gasteiger charge is -2.27. The van der Waals surface area contributed by atoms with Crippen LogP contribution in [0.15, 0.2) is 42.7 Å². The van der Waals surface area contributed by atoms with Gasteiger partial charge in [0, 0.05) is 18.9 Å². The third kappa shape index (κ3) is 2.97. The summed E-state index contributed by atoms with van der Waals surface area (Å²) >= 11 is 0. The number of nitrogens with one attached hydrogen (secondary N) is 2. The molecular formula is C20H26N4O. The summed E-state index contributed by atoms with van der Waals surface area (Å²) in [6, 6.07) is 10.3. The van der Waals surface area contributed by atoms with Crippen LogP contribution in [0, 0.1) is 10.8 Å². The van der Waals surface area contributed by atoms with E-state index in [1.165, 1.54) is 5.56 Å². The Hall–Kier alpha value is -2.14. The highest BCUT2D eigenvalue weighted by Crippen LogP contribution is 2.68. The first kappa shape index (κ1) is 16.3. The molecule has 0 radical (unpaired) electrons. The molecule has 2 aliphatic rings. The standard InChI is InChI=1S/C20H26N4O/c1-19(15-20(19)7-9-21-10-8-20)18(25)23-13-17-22-11-12-24(17)14-16-5-3-2-4-6-16/h2-6,11-12,21H,7-10,13-15H2,1H3,(H,23,25). The van der Waals surface area contributed by atoms with E-state index in [1.54, 1.807) is 6.20 Å². The minimum absolute atomic E-state index is 0.184. The molecule has 1 aromatic heterocycles. The fourth-order valence-electron chi connectivity index (χ4n) is 4.37. The molecular weight excluding hydrogens is 312 g/mol. The maximum atomic E-state index is 12.8. The third-order valence-corrected chi connectivity index (χ3v) is 6.20. The van der Waals surface area contributed by atoms with Crippen LogP contribution in [0.3, 0.4) is 0 Å². The quantitative estimate of drug-likeness (QED) is 0.880. The Kier molecular flexibility index (Phi) is 4.12. The van der Waals surface area contributed by atoms with Gasteiger partial charge in [-0.15, -0.1) is 0 Å². The summed E-state index contributed by atoms with van der Waals surface area (Å²) in [5.41, 5.74) is 1.25. The van der Waals surface area contributed by atoms with E-state index in [0.29, 0.717) is 6.54 Å². The first-order chi connectivity index (χ1) is 12.1. The predicted molar refractivity (Wildman–Crippen MR) is 96.9 cm³/mol. The molecule has 5 heteroatoms. The number of rotatable bonds is 5. The van der Waals surface area contributed by atoms with E-state index in [2.05, 4.69) is 39.2 Å². The Morgan fingerprint density at radius 3 is 2.80 bits per heavy atom. The molecule has 1 saturated carbocycles. The lowest BCUT2D eigenvalue weighted by Crippen LogP contribution is -2.38. The summed E-state index contributed by atoms with van der Waals surface area (Å²) in [4.78, 5) is 17.2. The van der Waals surface area contributed by atoms with Crippen LogP contribution in [0.25, 0.3) is 0 Å². The number of imidazole rings is 1. The SMILES string of the molecule is CC1(C(=O)NCc2nccn2Cc2ccccc2)CC12CCNCC2. The molecule has 0 bridgehead atoms. The van der Waals surface area contributed by atoms with Crippen LogP contribution in [-0.4, -0.2) is 28.5 Å². The van der Waals surface area contributed by atoms with Gasteiger partial charge in [0.05, 0.1) is 12.0 Å². The fraction of sp³-hybridized carbons (Fsp3) is 0.500. The van der Waals surface area contributed by atoms with Crippen molar-refractivity contribution in [1.82, 2.24) is 20.2 Å². The zero-order chi connectivity index (χ0) is 17.3.